The van der Waals surface area contributed by atoms with Crippen LogP contribution in [0.4, 0.5) is 0 Å². The van der Waals surface area contributed by atoms with E-state index >= 15 is 0 Å². The van der Waals surface area contributed by atoms with E-state index in [-0.39, 0.29) is 0 Å². The van der Waals surface area contributed by atoms with Gasteiger partial charge in [-0.2, -0.15) is 0 Å². The molecular formula is C17H42O5Si2. The van der Waals surface area contributed by atoms with Gasteiger partial charge in [-0.25, -0.2) is 0 Å². The molecule has 0 amide bonds. The molecule has 7 heteroatoms. The largest absolute Gasteiger partial charge is 0.500 e. The summed E-state index contributed by atoms with van der Waals surface area (Å²) in [4.78, 5) is 0. The zero-order chi connectivity index (χ0) is 19.4. The predicted molar refractivity (Wildman–Crippen MR) is 105 cm³/mol. The average molecular weight is 383 g/mol. The Kier molecular flexibility index (Phi) is 14.8. The van der Waals surface area contributed by atoms with E-state index in [1.165, 1.54) is 0 Å². The quantitative estimate of drug-likeness (QED) is 0.490. The highest BCUT2D eigenvalue weighted by Crippen LogP contribution is 2.26. The molecule has 0 saturated heterocycles. The molecule has 0 aliphatic heterocycles. The van der Waals surface area contributed by atoms with E-state index in [0.29, 0.717) is 17.8 Å². The maximum Gasteiger partial charge on any atom is 0.500 e. The highest BCUT2D eigenvalue weighted by Gasteiger charge is 2.38. The van der Waals surface area contributed by atoms with Crippen LogP contribution in [-0.2, 0) is 22.1 Å². The van der Waals surface area contributed by atoms with Crippen LogP contribution >= 0.6 is 0 Å². The fourth-order valence-corrected chi connectivity index (χ4v) is 8.23. The van der Waals surface area contributed by atoms with Gasteiger partial charge in [-0.15, -0.1) is 0 Å². The second-order valence-corrected chi connectivity index (χ2v) is 13.9. The third-order valence-corrected chi connectivity index (χ3v) is 11.3. The minimum Gasteiger partial charge on any atom is -0.398 e. The van der Waals surface area contributed by atoms with E-state index < -0.39 is 17.4 Å². The lowest BCUT2D eigenvalue weighted by atomic mass is 10.3. The second-order valence-electron chi connectivity index (χ2n) is 7.41. The third kappa shape index (κ3) is 11.0. The minimum absolute atomic E-state index is 0.543. The maximum absolute atomic E-state index is 5.63. The van der Waals surface area contributed by atoms with Crippen molar-refractivity contribution in [1.29, 1.82) is 0 Å². The summed E-state index contributed by atoms with van der Waals surface area (Å²) >= 11 is 0. The molecule has 0 saturated carbocycles. The lowest BCUT2D eigenvalue weighted by Crippen LogP contribution is -2.43. The standard InChI is InChI=1S/C10H24O2Si.C7H18O3Si/c1-9(2)7-13(11-5,12-6)8-10(3)4;1-7(2)6-11(8-3,9-4)10-5/h9-10H,7-8H2,1-6H3;7H,6H2,1-5H3. The van der Waals surface area contributed by atoms with E-state index in [2.05, 4.69) is 41.5 Å². The second kappa shape index (κ2) is 13.4. The van der Waals surface area contributed by atoms with Gasteiger partial charge >= 0.3 is 17.4 Å². The number of rotatable bonds is 11. The van der Waals surface area contributed by atoms with Crippen LogP contribution < -0.4 is 0 Å². The van der Waals surface area contributed by atoms with Gasteiger partial charge in [-0.3, -0.25) is 0 Å². The molecule has 0 radical (unpaired) electrons. The van der Waals surface area contributed by atoms with Crippen molar-refractivity contribution in [3.8, 4) is 0 Å². The van der Waals surface area contributed by atoms with E-state index in [4.69, 9.17) is 22.1 Å². The zero-order valence-electron chi connectivity index (χ0n) is 17.9. The van der Waals surface area contributed by atoms with Crippen LogP contribution in [0.2, 0.25) is 18.1 Å². The molecule has 0 heterocycles. The van der Waals surface area contributed by atoms with Crippen molar-refractivity contribution in [2.45, 2.75) is 59.7 Å². The van der Waals surface area contributed by atoms with E-state index in [9.17, 15) is 0 Å². The van der Waals surface area contributed by atoms with Crippen molar-refractivity contribution >= 4 is 17.4 Å². The Hall–Kier alpha value is 0.234. The molecule has 0 unspecified atom stereocenters. The smallest absolute Gasteiger partial charge is 0.398 e. The molecule has 24 heavy (non-hydrogen) atoms. The van der Waals surface area contributed by atoms with Gasteiger partial charge in [0.15, 0.2) is 0 Å². The lowest BCUT2D eigenvalue weighted by Gasteiger charge is -2.30. The zero-order valence-corrected chi connectivity index (χ0v) is 19.9. The van der Waals surface area contributed by atoms with Crippen LogP contribution in [0, 0.1) is 17.8 Å². The Balaban J connectivity index is 0. The highest BCUT2D eigenvalue weighted by atomic mass is 28.4. The molecule has 0 aromatic heterocycles. The lowest BCUT2D eigenvalue weighted by molar-refractivity contribution is 0.119. The SMILES string of the molecule is CO[Si](CC(C)C)(CC(C)C)OC.CO[Si](CC(C)C)(OC)OC. The van der Waals surface area contributed by atoms with Crippen molar-refractivity contribution in [3.63, 3.8) is 0 Å². The average Bonchev–Trinajstić information content (AvgIpc) is 2.51. The predicted octanol–water partition coefficient (Wildman–Crippen LogP) is 4.55. The molecule has 0 aromatic carbocycles. The van der Waals surface area contributed by atoms with Crippen LogP contribution in [0.25, 0.3) is 0 Å². The Bertz CT molecular complexity index is 270. The Morgan fingerprint density at radius 3 is 0.917 bits per heavy atom. The van der Waals surface area contributed by atoms with Gasteiger partial charge < -0.3 is 22.1 Å². The van der Waals surface area contributed by atoms with Gasteiger partial charge in [0, 0.05) is 41.6 Å². The fraction of sp³-hybridized carbons (Fsp3) is 1.00. The molecule has 0 fully saturated rings. The van der Waals surface area contributed by atoms with Gasteiger partial charge in [0.1, 0.15) is 0 Å². The summed E-state index contributed by atoms with van der Waals surface area (Å²) in [6, 6.07) is 3.06. The molecule has 5 nitrogen and oxygen atoms in total. The summed E-state index contributed by atoms with van der Waals surface area (Å²) in [5, 5.41) is 0. The Morgan fingerprint density at radius 1 is 0.500 bits per heavy atom. The summed E-state index contributed by atoms with van der Waals surface area (Å²) in [5.41, 5.74) is 0. The van der Waals surface area contributed by atoms with Gasteiger partial charge in [0.2, 0.25) is 0 Å². The van der Waals surface area contributed by atoms with Crippen molar-refractivity contribution in [2.75, 3.05) is 35.5 Å². The Morgan fingerprint density at radius 2 is 0.792 bits per heavy atom. The van der Waals surface area contributed by atoms with Crippen molar-refractivity contribution in [2.24, 2.45) is 17.8 Å². The molecule has 0 spiro atoms. The van der Waals surface area contributed by atoms with E-state index in [0.717, 1.165) is 18.1 Å². The number of hydrogen-bond donors (Lipinski definition) is 0. The molecule has 0 aliphatic carbocycles. The van der Waals surface area contributed by atoms with Crippen LogP contribution in [0.15, 0.2) is 0 Å². The molecule has 0 N–H and O–H groups in total. The van der Waals surface area contributed by atoms with Gasteiger partial charge in [-0.05, 0) is 29.8 Å². The maximum atomic E-state index is 5.63. The van der Waals surface area contributed by atoms with Crippen molar-refractivity contribution in [3.05, 3.63) is 0 Å². The van der Waals surface area contributed by atoms with Gasteiger partial charge in [0.05, 0.1) is 0 Å². The topological polar surface area (TPSA) is 46.2 Å². The van der Waals surface area contributed by atoms with Crippen LogP contribution in [0.3, 0.4) is 0 Å². The summed E-state index contributed by atoms with van der Waals surface area (Å²) in [6.45, 7) is 13.1. The minimum atomic E-state index is -2.28. The summed E-state index contributed by atoms with van der Waals surface area (Å²) in [6.07, 6.45) is 0. The fourth-order valence-electron chi connectivity index (χ4n) is 2.74. The first-order chi connectivity index (χ1) is 11.1. The molecule has 0 bridgehead atoms. The van der Waals surface area contributed by atoms with E-state index in [1.54, 1.807) is 35.5 Å². The van der Waals surface area contributed by atoms with Crippen molar-refractivity contribution in [1.82, 2.24) is 0 Å². The molecule has 148 valence electrons. The van der Waals surface area contributed by atoms with Gasteiger partial charge in [0.25, 0.3) is 0 Å². The first-order valence-electron chi connectivity index (χ1n) is 8.81. The summed E-state index contributed by atoms with van der Waals surface area (Å²) < 4.78 is 27.0. The molecule has 0 aromatic rings. The van der Waals surface area contributed by atoms with Gasteiger partial charge in [-0.1, -0.05) is 41.5 Å². The summed E-state index contributed by atoms with van der Waals surface area (Å²) in [7, 11) is 4.36. The van der Waals surface area contributed by atoms with Crippen LogP contribution in [0.1, 0.15) is 41.5 Å². The third-order valence-electron chi connectivity index (χ3n) is 3.77. The van der Waals surface area contributed by atoms with Crippen LogP contribution in [0.5, 0.6) is 0 Å². The van der Waals surface area contributed by atoms with Crippen LogP contribution in [-0.4, -0.2) is 52.9 Å². The first kappa shape index (κ1) is 26.5. The monoisotopic (exact) mass is 382 g/mol. The molecule has 0 rings (SSSR count). The number of hydrogen-bond acceptors (Lipinski definition) is 5. The first-order valence-corrected chi connectivity index (χ1v) is 13.0. The van der Waals surface area contributed by atoms with Crippen molar-refractivity contribution < 1.29 is 22.1 Å². The molecular weight excluding hydrogens is 340 g/mol. The normalized spacial score (nSPS) is 12.8. The highest BCUT2D eigenvalue weighted by molar-refractivity contribution is 6.67. The molecule has 0 atom stereocenters. The summed E-state index contributed by atoms with van der Waals surface area (Å²) in [5.74, 6) is 1.86. The van der Waals surface area contributed by atoms with E-state index in [1.807, 2.05) is 0 Å². The molecule has 0 aliphatic rings. The Labute approximate surface area is 153 Å².